The average molecular weight is 331 g/mol. The quantitative estimate of drug-likeness (QED) is 0.823. The van der Waals surface area contributed by atoms with Crippen molar-refractivity contribution in [2.75, 3.05) is 4.72 Å². The summed E-state index contributed by atoms with van der Waals surface area (Å²) in [5, 5.41) is 9.32. The van der Waals surface area contributed by atoms with Gasteiger partial charge in [0.15, 0.2) is 0 Å². The van der Waals surface area contributed by atoms with Gasteiger partial charge in [0.25, 0.3) is 15.8 Å². The third kappa shape index (κ3) is 4.08. The third-order valence-electron chi connectivity index (χ3n) is 2.48. The summed E-state index contributed by atoms with van der Waals surface area (Å²) in [5.74, 6) is -2.86. The summed E-state index contributed by atoms with van der Waals surface area (Å²) in [6, 6.07) is 11.0. The Kier molecular flexibility index (Phi) is 4.69. The zero-order chi connectivity index (χ0) is 15.5. The zero-order valence-electron chi connectivity index (χ0n) is 10.5. The summed E-state index contributed by atoms with van der Waals surface area (Å²) >= 11 is 0.254. The van der Waals surface area contributed by atoms with E-state index in [1.54, 1.807) is 0 Å². The van der Waals surface area contributed by atoms with E-state index in [0.717, 1.165) is 6.07 Å². The van der Waals surface area contributed by atoms with E-state index in [9.17, 15) is 22.3 Å². The van der Waals surface area contributed by atoms with Crippen molar-refractivity contribution in [1.29, 1.82) is 0 Å². The summed E-state index contributed by atoms with van der Waals surface area (Å²) < 4.78 is 51.5. The molecule has 0 unspecified atom stereocenters. The number of rotatable bonds is 5. The molecule has 2 aromatic rings. The summed E-state index contributed by atoms with van der Waals surface area (Å²) in [6.07, 6.45) is 0. The topological polar surface area (TPSA) is 66.4 Å². The molecule has 0 saturated carbocycles. The van der Waals surface area contributed by atoms with Gasteiger partial charge >= 0.3 is 0 Å². The van der Waals surface area contributed by atoms with Gasteiger partial charge < -0.3 is 5.11 Å². The van der Waals surface area contributed by atoms with Crippen LogP contribution in [0.4, 0.5) is 14.5 Å². The first-order valence-corrected chi connectivity index (χ1v) is 8.10. The molecule has 0 aromatic heterocycles. The molecule has 4 nitrogen and oxygen atoms in total. The predicted octanol–water partition coefficient (Wildman–Crippen LogP) is 3.51. The van der Waals surface area contributed by atoms with Crippen molar-refractivity contribution in [1.82, 2.24) is 0 Å². The van der Waals surface area contributed by atoms with Gasteiger partial charge in [-0.2, -0.15) is 8.78 Å². The van der Waals surface area contributed by atoms with Crippen LogP contribution in [0.1, 0.15) is 0 Å². The third-order valence-corrected chi connectivity index (χ3v) is 4.63. The van der Waals surface area contributed by atoms with Gasteiger partial charge in [-0.3, -0.25) is 4.72 Å². The molecule has 0 aliphatic carbocycles. The van der Waals surface area contributed by atoms with E-state index in [-0.39, 0.29) is 33.0 Å². The predicted molar refractivity (Wildman–Crippen MR) is 77.2 cm³/mol. The summed E-state index contributed by atoms with van der Waals surface area (Å²) in [4.78, 5) is -0.0319. The van der Waals surface area contributed by atoms with E-state index in [1.807, 2.05) is 0 Å². The Morgan fingerprint density at radius 1 is 1.10 bits per heavy atom. The van der Waals surface area contributed by atoms with E-state index < -0.39 is 15.8 Å². The fourth-order valence-corrected chi connectivity index (χ4v) is 3.38. The molecule has 2 N–H and O–H groups in total. The molecule has 0 amide bonds. The molecule has 0 atom stereocenters. The summed E-state index contributed by atoms with van der Waals surface area (Å²) in [6.45, 7) is 0. The van der Waals surface area contributed by atoms with Crippen LogP contribution in [0.25, 0.3) is 0 Å². The maximum Gasteiger partial charge on any atom is 0.288 e. The molecule has 0 spiro atoms. The maximum absolute atomic E-state index is 12.5. The van der Waals surface area contributed by atoms with Gasteiger partial charge in [-0.25, -0.2) is 8.42 Å². The number of anilines is 1. The molecule has 112 valence electrons. The molecule has 0 bridgehead atoms. The number of sulfonamides is 1. The molecule has 0 aliphatic heterocycles. The first-order valence-electron chi connectivity index (χ1n) is 5.74. The Hall–Kier alpha value is -1.80. The number of thioether (sulfide) groups is 1. The minimum atomic E-state index is -3.96. The van der Waals surface area contributed by atoms with Crippen molar-refractivity contribution in [3.05, 3.63) is 48.5 Å². The van der Waals surface area contributed by atoms with Gasteiger partial charge in [0.05, 0.1) is 10.6 Å². The van der Waals surface area contributed by atoms with E-state index >= 15 is 0 Å². The van der Waals surface area contributed by atoms with Crippen LogP contribution in [0.3, 0.4) is 0 Å². The molecule has 21 heavy (non-hydrogen) atoms. The van der Waals surface area contributed by atoms with Crippen molar-refractivity contribution in [3.63, 3.8) is 0 Å². The molecule has 2 rings (SSSR count). The van der Waals surface area contributed by atoms with Gasteiger partial charge in [-0.05, 0) is 24.3 Å². The monoisotopic (exact) mass is 331 g/mol. The lowest BCUT2D eigenvalue weighted by molar-refractivity contribution is 0.252. The molecule has 0 aliphatic rings. The number of para-hydroxylation sites is 1. The number of nitrogens with one attached hydrogen (secondary N) is 1. The summed E-state index contributed by atoms with van der Waals surface area (Å²) in [7, 11) is -3.96. The van der Waals surface area contributed by atoms with Crippen LogP contribution in [0.15, 0.2) is 58.3 Å². The maximum atomic E-state index is 12.5. The highest BCUT2D eigenvalue weighted by molar-refractivity contribution is 7.99. The lowest BCUT2D eigenvalue weighted by Crippen LogP contribution is -2.13. The van der Waals surface area contributed by atoms with E-state index in [2.05, 4.69) is 4.72 Å². The number of halogens is 2. The minimum Gasteiger partial charge on any atom is -0.508 e. The standard InChI is InChI=1S/C13H11F2NO3S2/c14-13(15)20-12-7-2-1-6-11(12)16-21(18,19)10-5-3-4-9(17)8-10/h1-8,13,16-17H. The van der Waals surface area contributed by atoms with Crippen LogP contribution in [0, 0.1) is 0 Å². The number of hydrogen-bond acceptors (Lipinski definition) is 4. The highest BCUT2D eigenvalue weighted by Gasteiger charge is 2.18. The second-order valence-electron chi connectivity index (χ2n) is 3.98. The Labute approximate surface area is 124 Å². The Bertz CT molecular complexity index is 736. The van der Waals surface area contributed by atoms with Crippen molar-refractivity contribution >= 4 is 27.5 Å². The number of phenolic OH excluding ortho intramolecular Hbond substituents is 1. The molecule has 0 radical (unpaired) electrons. The van der Waals surface area contributed by atoms with Gasteiger partial charge in [0.1, 0.15) is 5.75 Å². The van der Waals surface area contributed by atoms with Crippen molar-refractivity contribution < 1.29 is 22.3 Å². The van der Waals surface area contributed by atoms with Crippen LogP contribution in [-0.4, -0.2) is 19.3 Å². The molecular formula is C13H11F2NO3S2. The fraction of sp³-hybridized carbons (Fsp3) is 0.0769. The second kappa shape index (κ2) is 6.31. The number of phenols is 1. The summed E-state index contributed by atoms with van der Waals surface area (Å²) in [5.41, 5.74) is 0.0612. The number of hydrogen-bond donors (Lipinski definition) is 2. The first kappa shape index (κ1) is 15.6. The number of aromatic hydroxyl groups is 1. The SMILES string of the molecule is O=S(=O)(Nc1ccccc1SC(F)F)c1cccc(O)c1. The normalized spacial score (nSPS) is 11.6. The smallest absolute Gasteiger partial charge is 0.288 e. The van der Waals surface area contributed by atoms with Crippen molar-refractivity contribution in [2.24, 2.45) is 0 Å². The number of alkyl halides is 2. The lowest BCUT2D eigenvalue weighted by Gasteiger charge is -2.12. The Balaban J connectivity index is 2.33. The van der Waals surface area contributed by atoms with Gasteiger partial charge in [0, 0.05) is 11.0 Å². The van der Waals surface area contributed by atoms with Gasteiger partial charge in [-0.15, -0.1) is 0 Å². The van der Waals surface area contributed by atoms with E-state index in [1.165, 1.54) is 42.5 Å². The van der Waals surface area contributed by atoms with E-state index in [0.29, 0.717) is 0 Å². The van der Waals surface area contributed by atoms with Crippen molar-refractivity contribution in [3.8, 4) is 5.75 Å². The van der Waals surface area contributed by atoms with Crippen LogP contribution < -0.4 is 4.72 Å². The van der Waals surface area contributed by atoms with E-state index in [4.69, 9.17) is 0 Å². The molecular weight excluding hydrogens is 320 g/mol. The molecule has 0 heterocycles. The average Bonchev–Trinajstić information content (AvgIpc) is 2.40. The zero-order valence-corrected chi connectivity index (χ0v) is 12.2. The van der Waals surface area contributed by atoms with Crippen LogP contribution in [0.2, 0.25) is 0 Å². The molecule has 8 heteroatoms. The van der Waals surface area contributed by atoms with Gasteiger partial charge in [-0.1, -0.05) is 30.0 Å². The van der Waals surface area contributed by atoms with Crippen LogP contribution in [-0.2, 0) is 10.0 Å². The van der Waals surface area contributed by atoms with Crippen molar-refractivity contribution in [2.45, 2.75) is 15.5 Å². The molecule has 0 fully saturated rings. The van der Waals surface area contributed by atoms with Crippen LogP contribution in [0.5, 0.6) is 5.75 Å². The van der Waals surface area contributed by atoms with Crippen LogP contribution >= 0.6 is 11.8 Å². The highest BCUT2D eigenvalue weighted by Crippen LogP contribution is 2.33. The number of benzene rings is 2. The molecule has 2 aromatic carbocycles. The lowest BCUT2D eigenvalue weighted by atomic mass is 10.3. The highest BCUT2D eigenvalue weighted by atomic mass is 32.2. The second-order valence-corrected chi connectivity index (χ2v) is 6.69. The Morgan fingerprint density at radius 2 is 1.81 bits per heavy atom. The minimum absolute atomic E-state index is 0.0612. The largest absolute Gasteiger partial charge is 0.508 e. The molecule has 0 saturated heterocycles. The Morgan fingerprint density at radius 3 is 2.48 bits per heavy atom. The fourth-order valence-electron chi connectivity index (χ4n) is 1.60. The van der Waals surface area contributed by atoms with Gasteiger partial charge in [0.2, 0.25) is 0 Å². The first-order chi connectivity index (χ1) is 9.88.